The van der Waals surface area contributed by atoms with E-state index >= 15 is 0 Å². The first kappa shape index (κ1) is 27.8. The first-order chi connectivity index (χ1) is 23.3. The van der Waals surface area contributed by atoms with Gasteiger partial charge in [0.05, 0.1) is 21.2 Å². The van der Waals surface area contributed by atoms with Gasteiger partial charge in [-0.25, -0.2) is 0 Å². The highest BCUT2D eigenvalue weighted by atomic mass is 32.2. The molecule has 0 fully saturated rings. The molecule has 47 heavy (non-hydrogen) atoms. The maximum absolute atomic E-state index is 6.81. The van der Waals surface area contributed by atoms with Gasteiger partial charge in [-0.15, -0.1) is 11.3 Å². The molecule has 224 valence electrons. The predicted molar refractivity (Wildman–Crippen MR) is 199 cm³/mol. The predicted octanol–water partition coefficient (Wildman–Crippen LogP) is 13.3. The summed E-state index contributed by atoms with van der Waals surface area (Å²) >= 11 is 3.60. The molecule has 1 aliphatic rings. The van der Waals surface area contributed by atoms with E-state index in [4.69, 9.17) is 4.74 Å². The van der Waals surface area contributed by atoms with Crippen molar-refractivity contribution >= 4 is 77.4 Å². The van der Waals surface area contributed by atoms with E-state index in [0.717, 1.165) is 55.4 Å². The molecule has 1 aliphatic heterocycles. The summed E-state index contributed by atoms with van der Waals surface area (Å²) in [6, 6.07) is 60.0. The van der Waals surface area contributed by atoms with E-state index in [1.165, 1.54) is 20.2 Å². The molecule has 0 amide bonds. The fraction of sp³-hybridized carbons (Fsp3) is 0. The van der Waals surface area contributed by atoms with E-state index in [9.17, 15) is 0 Å². The lowest BCUT2D eigenvalue weighted by molar-refractivity contribution is 0.456. The minimum absolute atomic E-state index is 0.845. The number of ether oxygens (including phenoxy) is 1. The number of rotatable bonds is 6. The highest BCUT2D eigenvalue weighted by Gasteiger charge is 2.29. The summed E-state index contributed by atoms with van der Waals surface area (Å²) in [5.41, 5.74) is 6.38. The van der Waals surface area contributed by atoms with Gasteiger partial charge in [0.2, 0.25) is 0 Å². The molecule has 8 aromatic rings. The van der Waals surface area contributed by atoms with Crippen molar-refractivity contribution in [1.29, 1.82) is 0 Å². The molecule has 2 heterocycles. The Morgan fingerprint density at radius 1 is 0.426 bits per heavy atom. The van der Waals surface area contributed by atoms with Crippen LogP contribution in [0.1, 0.15) is 0 Å². The molecule has 0 saturated heterocycles. The van der Waals surface area contributed by atoms with Crippen LogP contribution >= 0.6 is 23.1 Å². The lowest BCUT2D eigenvalue weighted by Gasteiger charge is -2.33. The van der Waals surface area contributed by atoms with Gasteiger partial charge < -0.3 is 14.5 Å². The third-order valence-corrected chi connectivity index (χ3v) is 10.7. The Bertz CT molecular complexity index is 2330. The first-order valence-corrected chi connectivity index (χ1v) is 17.2. The zero-order valence-corrected chi connectivity index (χ0v) is 26.9. The molecule has 9 rings (SSSR count). The number of hydrogen-bond donors (Lipinski definition) is 0. The third-order valence-electron chi connectivity index (χ3n) is 8.46. The number of anilines is 6. The highest BCUT2D eigenvalue weighted by Crippen LogP contribution is 2.56. The smallest absolute Gasteiger partial charge is 0.165 e. The summed E-state index contributed by atoms with van der Waals surface area (Å²) in [6.07, 6.45) is 0. The second-order valence-electron chi connectivity index (χ2n) is 11.4. The maximum atomic E-state index is 6.81. The Balaban J connectivity index is 1.35. The molecule has 3 nitrogen and oxygen atoms in total. The first-order valence-electron chi connectivity index (χ1n) is 15.6. The summed E-state index contributed by atoms with van der Waals surface area (Å²) in [5, 5.41) is 2.53. The van der Waals surface area contributed by atoms with Crippen molar-refractivity contribution in [2.24, 2.45) is 0 Å². The molecular formula is C42H28N2OS2. The van der Waals surface area contributed by atoms with Crippen LogP contribution in [0.15, 0.2) is 180 Å². The summed E-state index contributed by atoms with van der Waals surface area (Å²) in [7, 11) is 0. The highest BCUT2D eigenvalue weighted by molar-refractivity contribution is 7.99. The van der Waals surface area contributed by atoms with E-state index in [1.807, 2.05) is 17.4 Å². The monoisotopic (exact) mass is 640 g/mol. The van der Waals surface area contributed by atoms with Gasteiger partial charge in [-0.05, 0) is 78.9 Å². The minimum Gasteiger partial charge on any atom is -0.453 e. The summed E-state index contributed by atoms with van der Waals surface area (Å²) < 4.78 is 9.37. The summed E-state index contributed by atoms with van der Waals surface area (Å²) in [4.78, 5) is 6.88. The van der Waals surface area contributed by atoms with Crippen molar-refractivity contribution in [3.63, 3.8) is 0 Å². The molecule has 0 unspecified atom stereocenters. The molecule has 1 aromatic heterocycles. The van der Waals surface area contributed by atoms with Crippen LogP contribution in [0.4, 0.5) is 34.1 Å². The van der Waals surface area contributed by atoms with Crippen LogP contribution in [-0.4, -0.2) is 0 Å². The van der Waals surface area contributed by atoms with Crippen molar-refractivity contribution in [2.75, 3.05) is 9.80 Å². The minimum atomic E-state index is 0.845. The van der Waals surface area contributed by atoms with Gasteiger partial charge in [0.15, 0.2) is 5.75 Å². The Morgan fingerprint density at radius 2 is 1.00 bits per heavy atom. The van der Waals surface area contributed by atoms with Crippen molar-refractivity contribution in [2.45, 2.75) is 9.79 Å². The van der Waals surface area contributed by atoms with Crippen LogP contribution in [0.5, 0.6) is 11.5 Å². The van der Waals surface area contributed by atoms with E-state index < -0.39 is 0 Å². The van der Waals surface area contributed by atoms with Crippen LogP contribution in [-0.2, 0) is 0 Å². The zero-order valence-electron chi connectivity index (χ0n) is 25.3. The number of fused-ring (bicyclic) bond motifs is 5. The molecular weight excluding hydrogens is 613 g/mol. The lowest BCUT2D eigenvalue weighted by Crippen LogP contribution is -2.15. The molecule has 0 bridgehead atoms. The van der Waals surface area contributed by atoms with Crippen molar-refractivity contribution in [1.82, 2.24) is 0 Å². The standard InChI is InChI=1S/C42H28N2OS2/c1-4-15-29(16-5-1)43(30-17-6-2-7-18-30)35-27-32(28-40-42(35)45-36-23-11-13-25-38(36)47-40)44(31-19-8-3-9-20-31)34-22-14-26-39-41(34)33-21-10-12-24-37(33)46-39/h1-28H. The average molecular weight is 641 g/mol. The van der Waals surface area contributed by atoms with Gasteiger partial charge in [0.1, 0.15) is 5.75 Å². The quantitative estimate of drug-likeness (QED) is 0.180. The second kappa shape index (κ2) is 11.7. The molecule has 0 N–H and O–H groups in total. The summed E-state index contributed by atoms with van der Waals surface area (Å²) in [6.45, 7) is 0. The van der Waals surface area contributed by atoms with Gasteiger partial charge in [-0.1, -0.05) is 103 Å². The number of benzene rings is 7. The van der Waals surface area contributed by atoms with E-state index in [1.54, 1.807) is 11.8 Å². The number of para-hydroxylation sites is 4. The van der Waals surface area contributed by atoms with Gasteiger partial charge >= 0.3 is 0 Å². The van der Waals surface area contributed by atoms with Crippen LogP contribution in [0, 0.1) is 0 Å². The normalized spacial score (nSPS) is 11.9. The molecule has 0 spiro atoms. The van der Waals surface area contributed by atoms with Crippen LogP contribution in [0.25, 0.3) is 20.2 Å². The molecule has 7 aromatic carbocycles. The van der Waals surface area contributed by atoms with E-state index in [-0.39, 0.29) is 0 Å². The topological polar surface area (TPSA) is 15.7 Å². The lowest BCUT2D eigenvalue weighted by atomic mass is 10.1. The van der Waals surface area contributed by atoms with Crippen LogP contribution < -0.4 is 14.5 Å². The molecule has 5 heteroatoms. The van der Waals surface area contributed by atoms with Crippen LogP contribution in [0.3, 0.4) is 0 Å². The van der Waals surface area contributed by atoms with Crippen LogP contribution in [0.2, 0.25) is 0 Å². The number of hydrogen-bond acceptors (Lipinski definition) is 5. The van der Waals surface area contributed by atoms with Crippen molar-refractivity contribution in [3.05, 3.63) is 170 Å². The van der Waals surface area contributed by atoms with Gasteiger partial charge in [-0.2, -0.15) is 0 Å². The zero-order chi connectivity index (χ0) is 31.2. The Hall–Kier alpha value is -5.49. The molecule has 0 atom stereocenters. The molecule has 0 radical (unpaired) electrons. The van der Waals surface area contributed by atoms with Crippen molar-refractivity contribution in [3.8, 4) is 11.5 Å². The SMILES string of the molecule is c1ccc(N(c2ccccc2)c2cc(N(c3ccccc3)c3cccc4sc5ccccc5c34)cc3c2Oc2ccccc2S3)cc1. The Kier molecular flexibility index (Phi) is 6.92. The van der Waals surface area contributed by atoms with Gasteiger partial charge in [-0.3, -0.25) is 0 Å². The van der Waals surface area contributed by atoms with E-state index in [2.05, 4.69) is 174 Å². The summed E-state index contributed by atoms with van der Waals surface area (Å²) in [5.74, 6) is 1.71. The van der Waals surface area contributed by atoms with Gasteiger partial charge in [0, 0.05) is 42.9 Å². The molecule has 0 saturated carbocycles. The largest absolute Gasteiger partial charge is 0.453 e. The molecule has 0 aliphatic carbocycles. The number of nitrogens with zero attached hydrogens (tertiary/aromatic N) is 2. The van der Waals surface area contributed by atoms with Crippen molar-refractivity contribution < 1.29 is 4.74 Å². The Morgan fingerprint density at radius 3 is 1.70 bits per heavy atom. The second-order valence-corrected chi connectivity index (χ2v) is 13.5. The average Bonchev–Trinajstić information content (AvgIpc) is 3.52. The van der Waals surface area contributed by atoms with E-state index in [0.29, 0.717) is 0 Å². The Labute approximate surface area is 281 Å². The number of thiophene rings is 1. The fourth-order valence-corrected chi connectivity index (χ4v) is 8.56. The maximum Gasteiger partial charge on any atom is 0.165 e. The van der Waals surface area contributed by atoms with Gasteiger partial charge in [0.25, 0.3) is 0 Å². The third kappa shape index (κ3) is 4.92. The fourth-order valence-electron chi connectivity index (χ4n) is 6.42.